The Morgan fingerprint density at radius 3 is 2.11 bits per heavy atom. The van der Waals surface area contributed by atoms with Gasteiger partial charge in [0.25, 0.3) is 0 Å². The molecule has 0 fully saturated rings. The molecule has 178 valence electrons. The van der Waals surface area contributed by atoms with Crippen LogP contribution in [0.1, 0.15) is 22.7 Å². The third kappa shape index (κ3) is 3.72. The van der Waals surface area contributed by atoms with Gasteiger partial charge >= 0.3 is 0 Å². The molecule has 0 aliphatic heterocycles. The van der Waals surface area contributed by atoms with Crippen LogP contribution in [-0.4, -0.2) is 19.5 Å². The highest BCUT2D eigenvalue weighted by Gasteiger charge is 2.20. The lowest BCUT2D eigenvalue weighted by Gasteiger charge is -2.14. The van der Waals surface area contributed by atoms with E-state index in [9.17, 15) is 5.11 Å². The standard InChI is InChI=1S/C32H23N3O2/c36-32-28(19-24-13-8-16-37-24)34-31-27(17-21-9-2-1-3-10-21)33-29(20-35(31)32)30-25-14-6-4-11-22(25)18-23-12-5-7-15-26(23)30/h1-16,18,20,36H,17,19H2. The minimum absolute atomic E-state index is 0.105. The molecule has 7 rings (SSSR count). The SMILES string of the molecule is Oc1c(Cc2ccco2)nc2c(Cc3ccccc3)nc(-c3c4ccccc4cc4ccccc34)cn12. The number of fused-ring (bicyclic) bond motifs is 3. The summed E-state index contributed by atoms with van der Waals surface area (Å²) in [7, 11) is 0. The van der Waals surface area contributed by atoms with Crippen molar-refractivity contribution in [2.24, 2.45) is 0 Å². The third-order valence-corrected chi connectivity index (χ3v) is 6.88. The van der Waals surface area contributed by atoms with E-state index >= 15 is 0 Å². The van der Waals surface area contributed by atoms with Gasteiger partial charge in [0.1, 0.15) is 11.5 Å². The zero-order valence-corrected chi connectivity index (χ0v) is 20.0. The Morgan fingerprint density at radius 1 is 0.703 bits per heavy atom. The van der Waals surface area contributed by atoms with Gasteiger partial charge in [0.2, 0.25) is 5.88 Å². The maximum absolute atomic E-state index is 11.3. The van der Waals surface area contributed by atoms with Crippen LogP contribution < -0.4 is 0 Å². The van der Waals surface area contributed by atoms with E-state index in [0.717, 1.165) is 49.8 Å². The number of hydrogen-bond donors (Lipinski definition) is 1. The molecule has 1 N–H and O–H groups in total. The van der Waals surface area contributed by atoms with Gasteiger partial charge in [-0.3, -0.25) is 4.40 Å². The molecule has 0 saturated heterocycles. The predicted octanol–water partition coefficient (Wildman–Crippen LogP) is 7.18. The van der Waals surface area contributed by atoms with Crippen molar-refractivity contribution < 1.29 is 9.52 Å². The van der Waals surface area contributed by atoms with E-state index in [1.165, 1.54) is 0 Å². The Hall–Kier alpha value is -4.90. The van der Waals surface area contributed by atoms with Gasteiger partial charge in [-0.25, -0.2) is 9.97 Å². The molecular weight excluding hydrogens is 458 g/mol. The molecule has 0 amide bonds. The molecule has 0 aliphatic carbocycles. The van der Waals surface area contributed by atoms with Crippen molar-refractivity contribution in [2.45, 2.75) is 12.8 Å². The van der Waals surface area contributed by atoms with Crippen LogP contribution >= 0.6 is 0 Å². The summed E-state index contributed by atoms with van der Waals surface area (Å²) in [6, 6.07) is 32.9. The van der Waals surface area contributed by atoms with Crippen molar-refractivity contribution in [3.63, 3.8) is 0 Å². The van der Waals surface area contributed by atoms with E-state index < -0.39 is 0 Å². The Bertz CT molecular complexity index is 1830. The molecule has 0 atom stereocenters. The molecule has 0 saturated carbocycles. The first-order chi connectivity index (χ1) is 18.2. The lowest BCUT2D eigenvalue weighted by atomic mass is 9.95. The Kier molecular flexibility index (Phi) is 5.00. The van der Waals surface area contributed by atoms with Gasteiger partial charge in [-0.15, -0.1) is 0 Å². The van der Waals surface area contributed by atoms with Crippen molar-refractivity contribution in [3.05, 3.63) is 132 Å². The number of hydrogen-bond acceptors (Lipinski definition) is 4. The average Bonchev–Trinajstić information content (AvgIpc) is 3.56. The lowest BCUT2D eigenvalue weighted by molar-refractivity contribution is 0.438. The number of furan rings is 1. The topological polar surface area (TPSA) is 63.6 Å². The fraction of sp³-hybridized carbons (Fsp3) is 0.0625. The maximum Gasteiger partial charge on any atom is 0.219 e. The third-order valence-electron chi connectivity index (χ3n) is 6.88. The van der Waals surface area contributed by atoms with Crippen molar-refractivity contribution in [2.75, 3.05) is 0 Å². The molecule has 5 nitrogen and oxygen atoms in total. The van der Waals surface area contributed by atoms with Gasteiger partial charge in [0.15, 0.2) is 5.65 Å². The average molecular weight is 482 g/mol. The van der Waals surface area contributed by atoms with E-state index in [4.69, 9.17) is 14.4 Å². The Labute approximate surface area is 213 Å². The summed E-state index contributed by atoms with van der Waals surface area (Å²) in [5.74, 6) is 0.852. The number of rotatable bonds is 5. The van der Waals surface area contributed by atoms with Crippen LogP contribution in [0.3, 0.4) is 0 Å². The second-order valence-corrected chi connectivity index (χ2v) is 9.26. The van der Waals surface area contributed by atoms with Crippen LogP contribution in [0, 0.1) is 0 Å². The minimum atomic E-state index is 0.105. The van der Waals surface area contributed by atoms with E-state index in [2.05, 4.69) is 66.7 Å². The molecule has 7 aromatic rings. The van der Waals surface area contributed by atoms with Crippen LogP contribution in [-0.2, 0) is 12.8 Å². The molecule has 3 heterocycles. The summed E-state index contributed by atoms with van der Waals surface area (Å²) in [5.41, 5.74) is 4.99. The van der Waals surface area contributed by atoms with Crippen LogP contribution in [0.4, 0.5) is 0 Å². The van der Waals surface area contributed by atoms with Crippen molar-refractivity contribution >= 4 is 27.2 Å². The zero-order chi connectivity index (χ0) is 24.8. The highest BCUT2D eigenvalue weighted by Crippen LogP contribution is 2.37. The molecular formula is C32H23N3O2. The van der Waals surface area contributed by atoms with Gasteiger partial charge < -0.3 is 9.52 Å². The van der Waals surface area contributed by atoms with Crippen LogP contribution in [0.15, 0.2) is 114 Å². The molecule has 4 aromatic carbocycles. The smallest absolute Gasteiger partial charge is 0.219 e. The zero-order valence-electron chi connectivity index (χ0n) is 20.0. The summed E-state index contributed by atoms with van der Waals surface area (Å²) in [4.78, 5) is 10.0. The molecule has 0 unspecified atom stereocenters. The Balaban J connectivity index is 1.51. The van der Waals surface area contributed by atoms with Gasteiger partial charge in [0.05, 0.1) is 24.1 Å². The summed E-state index contributed by atoms with van der Waals surface area (Å²) >= 11 is 0. The summed E-state index contributed by atoms with van der Waals surface area (Å²) in [6.45, 7) is 0. The molecule has 0 aliphatic rings. The maximum atomic E-state index is 11.3. The lowest BCUT2D eigenvalue weighted by Crippen LogP contribution is -2.01. The largest absolute Gasteiger partial charge is 0.493 e. The second-order valence-electron chi connectivity index (χ2n) is 9.26. The Morgan fingerprint density at radius 2 is 1.41 bits per heavy atom. The number of imidazole rings is 1. The molecule has 0 bridgehead atoms. The quantitative estimate of drug-likeness (QED) is 0.264. The summed E-state index contributed by atoms with van der Waals surface area (Å²) in [5, 5.41) is 15.8. The highest BCUT2D eigenvalue weighted by molar-refractivity contribution is 6.12. The normalized spacial score (nSPS) is 11.6. The summed E-state index contributed by atoms with van der Waals surface area (Å²) in [6.07, 6.45) is 4.54. The molecule has 0 radical (unpaired) electrons. The first-order valence-corrected chi connectivity index (χ1v) is 12.3. The van der Waals surface area contributed by atoms with E-state index in [0.29, 0.717) is 24.2 Å². The van der Waals surface area contributed by atoms with Crippen molar-refractivity contribution in [3.8, 4) is 17.1 Å². The molecule has 5 heteroatoms. The predicted molar refractivity (Wildman–Crippen MR) is 146 cm³/mol. The van der Waals surface area contributed by atoms with Gasteiger partial charge in [-0.2, -0.15) is 0 Å². The van der Waals surface area contributed by atoms with Crippen LogP contribution in [0.5, 0.6) is 5.88 Å². The fourth-order valence-electron chi connectivity index (χ4n) is 5.16. The monoisotopic (exact) mass is 481 g/mol. The van der Waals surface area contributed by atoms with E-state index in [-0.39, 0.29) is 5.88 Å². The minimum Gasteiger partial charge on any atom is -0.493 e. The summed E-state index contributed by atoms with van der Waals surface area (Å²) < 4.78 is 7.30. The number of benzene rings is 4. The number of aromatic hydroxyl groups is 1. The van der Waals surface area contributed by atoms with Gasteiger partial charge in [-0.1, -0.05) is 78.9 Å². The van der Waals surface area contributed by atoms with Crippen molar-refractivity contribution in [1.82, 2.24) is 14.4 Å². The first-order valence-electron chi connectivity index (χ1n) is 12.3. The fourth-order valence-corrected chi connectivity index (χ4v) is 5.16. The molecule has 0 spiro atoms. The van der Waals surface area contributed by atoms with Gasteiger partial charge in [0, 0.05) is 18.2 Å². The highest BCUT2D eigenvalue weighted by atomic mass is 16.3. The van der Waals surface area contributed by atoms with Crippen LogP contribution in [0.25, 0.3) is 38.4 Å². The van der Waals surface area contributed by atoms with Gasteiger partial charge in [-0.05, 0) is 45.3 Å². The molecule has 3 aromatic heterocycles. The van der Waals surface area contributed by atoms with E-state index in [1.807, 2.05) is 36.5 Å². The number of nitrogens with zero attached hydrogens (tertiary/aromatic N) is 3. The van der Waals surface area contributed by atoms with Crippen LogP contribution in [0.2, 0.25) is 0 Å². The van der Waals surface area contributed by atoms with Crippen molar-refractivity contribution in [1.29, 1.82) is 0 Å². The van der Waals surface area contributed by atoms with E-state index in [1.54, 1.807) is 10.7 Å². The molecule has 37 heavy (non-hydrogen) atoms. The second kappa shape index (κ2) is 8.64. The first kappa shape index (κ1) is 21.4. The number of aromatic nitrogens is 3.